The van der Waals surface area contributed by atoms with Gasteiger partial charge in [0.2, 0.25) is 5.88 Å². The third-order valence-corrected chi connectivity index (χ3v) is 2.32. The highest BCUT2D eigenvalue weighted by Crippen LogP contribution is 2.24. The highest BCUT2D eigenvalue weighted by molar-refractivity contribution is 5.57. The molecule has 1 heterocycles. The molecule has 1 aromatic rings. The Morgan fingerprint density at radius 3 is 2.71 bits per heavy atom. The number of hydrogen-bond donors (Lipinski definition) is 0. The first kappa shape index (κ1) is 9.09. The monoisotopic (exact) mass is 191 g/mol. The molecule has 0 aromatic heterocycles. The predicted molar refractivity (Wildman–Crippen MR) is 54.0 cm³/mol. The van der Waals surface area contributed by atoms with Gasteiger partial charge in [0.15, 0.2) is 0 Å². The van der Waals surface area contributed by atoms with Crippen molar-refractivity contribution >= 4 is 6.08 Å². The lowest BCUT2D eigenvalue weighted by Gasteiger charge is -2.27. The van der Waals surface area contributed by atoms with Gasteiger partial charge < -0.3 is 4.74 Å². The molecule has 0 unspecified atom stereocenters. The molecule has 0 N–H and O–H groups in total. The minimum absolute atomic E-state index is 0.729. The van der Waals surface area contributed by atoms with Gasteiger partial charge in [-0.25, -0.2) is 5.06 Å². The molecule has 1 aliphatic rings. The van der Waals surface area contributed by atoms with Crippen LogP contribution in [0.3, 0.4) is 0 Å². The van der Waals surface area contributed by atoms with Crippen molar-refractivity contribution in [3.8, 4) is 0 Å². The molecule has 1 aromatic carbocycles. The van der Waals surface area contributed by atoms with E-state index in [1.807, 2.05) is 18.2 Å². The molecule has 3 nitrogen and oxygen atoms in total. The fraction of sp³-hybridized carbons (Fsp3) is 0.273. The maximum atomic E-state index is 5.21. The second-order valence-electron chi connectivity index (χ2n) is 3.10. The minimum atomic E-state index is 0.729. The quantitative estimate of drug-likeness (QED) is 0.713. The fourth-order valence-corrected chi connectivity index (χ4v) is 1.57. The van der Waals surface area contributed by atoms with Crippen molar-refractivity contribution in [1.82, 2.24) is 5.06 Å². The van der Waals surface area contributed by atoms with Crippen LogP contribution in [0.2, 0.25) is 0 Å². The van der Waals surface area contributed by atoms with Gasteiger partial charge in [-0.15, -0.1) is 0 Å². The largest absolute Gasteiger partial charge is 0.481 e. The molecule has 0 amide bonds. The molecule has 0 spiro atoms. The van der Waals surface area contributed by atoms with E-state index in [4.69, 9.17) is 9.57 Å². The van der Waals surface area contributed by atoms with E-state index in [-0.39, 0.29) is 0 Å². The van der Waals surface area contributed by atoms with Gasteiger partial charge in [-0.05, 0) is 11.1 Å². The molecule has 3 heteroatoms. The first-order chi connectivity index (χ1) is 6.85. The Morgan fingerprint density at radius 1 is 1.21 bits per heavy atom. The van der Waals surface area contributed by atoms with Crippen LogP contribution >= 0.6 is 0 Å². The van der Waals surface area contributed by atoms with Crippen molar-refractivity contribution in [2.75, 3.05) is 14.2 Å². The summed E-state index contributed by atoms with van der Waals surface area (Å²) in [5.74, 6) is 0.742. The van der Waals surface area contributed by atoms with E-state index in [9.17, 15) is 0 Å². The SMILES string of the molecule is COC1=Cc2ccccc2CN1OC. The van der Waals surface area contributed by atoms with E-state index in [2.05, 4.69) is 12.1 Å². The predicted octanol–water partition coefficient (Wildman–Crippen LogP) is 2.01. The van der Waals surface area contributed by atoms with Crippen LogP contribution in [0.5, 0.6) is 0 Å². The normalized spacial score (nSPS) is 14.7. The number of hydrogen-bond acceptors (Lipinski definition) is 3. The third kappa shape index (κ3) is 1.46. The summed E-state index contributed by atoms with van der Waals surface area (Å²) in [6.45, 7) is 0.729. The maximum Gasteiger partial charge on any atom is 0.214 e. The van der Waals surface area contributed by atoms with Gasteiger partial charge >= 0.3 is 0 Å². The standard InChI is InChI=1S/C11H13NO2/c1-13-11-7-9-5-3-4-6-10(9)8-12(11)14-2/h3-7H,8H2,1-2H3. The second-order valence-corrected chi connectivity index (χ2v) is 3.10. The molecule has 0 bridgehead atoms. The van der Waals surface area contributed by atoms with Gasteiger partial charge in [0.1, 0.15) is 0 Å². The Balaban J connectivity index is 2.39. The lowest BCUT2D eigenvalue weighted by molar-refractivity contribution is -0.143. The number of benzene rings is 1. The summed E-state index contributed by atoms with van der Waals surface area (Å²) in [7, 11) is 3.28. The van der Waals surface area contributed by atoms with E-state index < -0.39 is 0 Å². The molecular weight excluding hydrogens is 178 g/mol. The zero-order valence-electron chi connectivity index (χ0n) is 8.36. The van der Waals surface area contributed by atoms with Crippen molar-refractivity contribution in [1.29, 1.82) is 0 Å². The van der Waals surface area contributed by atoms with Gasteiger partial charge in [-0.1, -0.05) is 24.3 Å². The van der Waals surface area contributed by atoms with Gasteiger partial charge in [0, 0.05) is 6.08 Å². The number of ether oxygens (including phenoxy) is 1. The van der Waals surface area contributed by atoms with Crippen molar-refractivity contribution in [3.63, 3.8) is 0 Å². The molecule has 0 saturated heterocycles. The first-order valence-corrected chi connectivity index (χ1v) is 4.50. The summed E-state index contributed by atoms with van der Waals surface area (Å²) in [6, 6.07) is 8.20. The summed E-state index contributed by atoms with van der Waals surface area (Å²) in [5, 5.41) is 1.72. The number of hydroxylamine groups is 2. The lowest BCUT2D eigenvalue weighted by atomic mass is 10.1. The molecule has 14 heavy (non-hydrogen) atoms. The second kappa shape index (κ2) is 3.72. The maximum absolute atomic E-state index is 5.21. The number of nitrogens with zero attached hydrogens (tertiary/aromatic N) is 1. The summed E-state index contributed by atoms with van der Waals surface area (Å²) in [6.07, 6.45) is 1.97. The molecule has 0 fully saturated rings. The van der Waals surface area contributed by atoms with E-state index in [1.165, 1.54) is 11.1 Å². The van der Waals surface area contributed by atoms with Crippen LogP contribution in [-0.2, 0) is 16.1 Å². The van der Waals surface area contributed by atoms with Crippen LogP contribution in [-0.4, -0.2) is 19.3 Å². The molecule has 0 radical (unpaired) electrons. The third-order valence-electron chi connectivity index (χ3n) is 2.32. The highest BCUT2D eigenvalue weighted by Gasteiger charge is 2.17. The first-order valence-electron chi connectivity index (χ1n) is 4.50. The Hall–Kier alpha value is -1.48. The van der Waals surface area contributed by atoms with Gasteiger partial charge in [-0.3, -0.25) is 4.84 Å². The van der Waals surface area contributed by atoms with Crippen LogP contribution in [0, 0.1) is 0 Å². The summed E-state index contributed by atoms with van der Waals surface area (Å²) in [5.41, 5.74) is 2.44. The topological polar surface area (TPSA) is 21.7 Å². The van der Waals surface area contributed by atoms with Crippen LogP contribution in [0.15, 0.2) is 30.1 Å². The smallest absolute Gasteiger partial charge is 0.214 e. The summed E-state index contributed by atoms with van der Waals surface area (Å²) < 4.78 is 5.21. The van der Waals surface area contributed by atoms with E-state index in [1.54, 1.807) is 19.3 Å². The van der Waals surface area contributed by atoms with E-state index in [0.717, 1.165) is 12.4 Å². The molecule has 2 rings (SSSR count). The zero-order valence-corrected chi connectivity index (χ0v) is 8.36. The van der Waals surface area contributed by atoms with Crippen molar-refractivity contribution in [3.05, 3.63) is 41.3 Å². The molecule has 0 aliphatic carbocycles. The Kier molecular flexibility index (Phi) is 2.41. The van der Waals surface area contributed by atoms with E-state index in [0.29, 0.717) is 0 Å². The van der Waals surface area contributed by atoms with Crippen LogP contribution in [0.1, 0.15) is 11.1 Å². The average Bonchev–Trinajstić information content (AvgIpc) is 2.27. The molecule has 74 valence electrons. The van der Waals surface area contributed by atoms with Gasteiger partial charge in [0.25, 0.3) is 0 Å². The zero-order chi connectivity index (χ0) is 9.97. The molecular formula is C11H13NO2. The van der Waals surface area contributed by atoms with Crippen molar-refractivity contribution in [2.24, 2.45) is 0 Å². The van der Waals surface area contributed by atoms with E-state index >= 15 is 0 Å². The minimum Gasteiger partial charge on any atom is -0.481 e. The average molecular weight is 191 g/mol. The summed E-state index contributed by atoms with van der Waals surface area (Å²) >= 11 is 0. The highest BCUT2D eigenvalue weighted by atomic mass is 16.7. The Bertz CT molecular complexity index is 360. The van der Waals surface area contributed by atoms with Crippen LogP contribution in [0.4, 0.5) is 0 Å². The number of rotatable bonds is 2. The van der Waals surface area contributed by atoms with Crippen LogP contribution in [0.25, 0.3) is 6.08 Å². The molecule has 0 saturated carbocycles. The lowest BCUT2D eigenvalue weighted by Crippen LogP contribution is -2.25. The number of methoxy groups -OCH3 is 1. The van der Waals surface area contributed by atoms with Crippen LogP contribution < -0.4 is 0 Å². The van der Waals surface area contributed by atoms with Gasteiger partial charge in [-0.2, -0.15) is 0 Å². The fourth-order valence-electron chi connectivity index (χ4n) is 1.57. The Morgan fingerprint density at radius 2 is 2.00 bits per heavy atom. The summed E-state index contributed by atoms with van der Waals surface area (Å²) in [4.78, 5) is 5.19. The number of fused-ring (bicyclic) bond motifs is 1. The van der Waals surface area contributed by atoms with Crippen molar-refractivity contribution < 1.29 is 9.57 Å². The van der Waals surface area contributed by atoms with Gasteiger partial charge in [0.05, 0.1) is 20.8 Å². The Labute approximate surface area is 83.5 Å². The van der Waals surface area contributed by atoms with Crippen molar-refractivity contribution in [2.45, 2.75) is 6.54 Å². The molecule has 0 atom stereocenters. The molecule has 1 aliphatic heterocycles.